The number of carbonyl (C=O) groups is 2. The van der Waals surface area contributed by atoms with Crippen LogP contribution in [0.5, 0.6) is 5.75 Å². The molecular formula is C14H15ClO4S. The van der Waals surface area contributed by atoms with E-state index in [0.29, 0.717) is 16.5 Å². The molecule has 0 aliphatic heterocycles. The summed E-state index contributed by atoms with van der Waals surface area (Å²) in [5.41, 5.74) is 0.753. The zero-order chi connectivity index (χ0) is 15.0. The lowest BCUT2D eigenvalue weighted by Crippen LogP contribution is -2.10. The minimum absolute atomic E-state index is 0.0929. The summed E-state index contributed by atoms with van der Waals surface area (Å²) in [5.74, 6) is 0.0956. The normalized spacial score (nSPS) is 10.7. The molecule has 0 saturated heterocycles. The van der Waals surface area contributed by atoms with E-state index >= 15 is 0 Å². The molecule has 4 nitrogen and oxygen atoms in total. The molecule has 1 rings (SSSR count). The molecule has 0 amide bonds. The lowest BCUT2D eigenvalue weighted by atomic mass is 10.2. The highest BCUT2D eigenvalue weighted by molar-refractivity contribution is 8.13. The number of allylic oxidation sites excluding steroid dienone is 1. The minimum atomic E-state index is -1.04. The molecule has 6 heteroatoms. The summed E-state index contributed by atoms with van der Waals surface area (Å²) in [6.07, 6.45) is 4.48. The van der Waals surface area contributed by atoms with Crippen LogP contribution in [0.1, 0.15) is 18.9 Å². The summed E-state index contributed by atoms with van der Waals surface area (Å²) in [5, 5.41) is 9.20. The number of ether oxygens (including phenoxy) is 1. The van der Waals surface area contributed by atoms with Gasteiger partial charge in [-0.05, 0) is 24.6 Å². The number of hydrogen-bond acceptors (Lipinski definition) is 4. The number of thioether (sulfide) groups is 1. The van der Waals surface area contributed by atoms with E-state index in [0.717, 1.165) is 12.0 Å². The molecule has 0 spiro atoms. The third-order valence-electron chi connectivity index (χ3n) is 2.21. The van der Waals surface area contributed by atoms with Gasteiger partial charge < -0.3 is 9.84 Å². The molecule has 0 saturated carbocycles. The minimum Gasteiger partial charge on any atom is -0.481 e. The molecule has 0 unspecified atom stereocenters. The number of halogens is 1. The first-order chi connectivity index (χ1) is 9.49. The summed E-state index contributed by atoms with van der Waals surface area (Å²) in [7, 11) is 0. The Hall–Kier alpha value is -1.46. The van der Waals surface area contributed by atoms with Crippen LogP contribution in [0.3, 0.4) is 0 Å². The zero-order valence-electron chi connectivity index (χ0n) is 11.0. The maximum atomic E-state index is 10.8. The van der Waals surface area contributed by atoms with Crippen molar-refractivity contribution in [2.24, 2.45) is 0 Å². The van der Waals surface area contributed by atoms with E-state index in [1.165, 1.54) is 18.7 Å². The SMILES string of the molecule is CC(=O)SCCC=Cc1ccc(Cl)cc1OCC(=O)O. The van der Waals surface area contributed by atoms with Crippen molar-refractivity contribution in [1.82, 2.24) is 0 Å². The van der Waals surface area contributed by atoms with Crippen LogP contribution in [0.4, 0.5) is 0 Å². The number of carboxylic acid groups (broad SMARTS) is 1. The van der Waals surface area contributed by atoms with Crippen LogP contribution in [-0.4, -0.2) is 28.6 Å². The first kappa shape index (κ1) is 16.6. The van der Waals surface area contributed by atoms with Crippen molar-refractivity contribution in [3.63, 3.8) is 0 Å². The Morgan fingerprint density at radius 3 is 2.85 bits per heavy atom. The standard InChI is InChI=1S/C14H15ClO4S/c1-10(16)20-7-3-2-4-11-5-6-12(15)8-13(11)19-9-14(17)18/h2,4-6,8H,3,7,9H2,1H3,(H,17,18). The summed E-state index contributed by atoms with van der Waals surface area (Å²) in [6.45, 7) is 1.12. The van der Waals surface area contributed by atoms with Crippen LogP contribution in [0, 0.1) is 0 Å². The lowest BCUT2D eigenvalue weighted by molar-refractivity contribution is -0.139. The Morgan fingerprint density at radius 2 is 2.20 bits per heavy atom. The van der Waals surface area contributed by atoms with Crippen molar-refractivity contribution in [3.8, 4) is 5.75 Å². The van der Waals surface area contributed by atoms with Crippen LogP contribution in [0.2, 0.25) is 5.02 Å². The van der Waals surface area contributed by atoms with Gasteiger partial charge in [-0.15, -0.1) is 0 Å². The first-order valence-corrected chi connectivity index (χ1v) is 7.29. The smallest absolute Gasteiger partial charge is 0.341 e. The predicted molar refractivity (Wildman–Crippen MR) is 81.4 cm³/mol. The van der Waals surface area contributed by atoms with E-state index in [1.54, 1.807) is 18.2 Å². The van der Waals surface area contributed by atoms with Gasteiger partial charge in [-0.2, -0.15) is 0 Å². The third-order valence-corrected chi connectivity index (χ3v) is 3.30. The molecule has 1 aromatic carbocycles. The van der Waals surface area contributed by atoms with Gasteiger partial charge in [0.25, 0.3) is 0 Å². The molecule has 0 heterocycles. The van der Waals surface area contributed by atoms with Crippen molar-refractivity contribution < 1.29 is 19.4 Å². The second-order valence-electron chi connectivity index (χ2n) is 3.90. The Morgan fingerprint density at radius 1 is 1.45 bits per heavy atom. The lowest BCUT2D eigenvalue weighted by Gasteiger charge is -2.07. The van der Waals surface area contributed by atoms with E-state index in [9.17, 15) is 9.59 Å². The molecule has 0 atom stereocenters. The van der Waals surface area contributed by atoms with Gasteiger partial charge in [-0.25, -0.2) is 4.79 Å². The van der Waals surface area contributed by atoms with E-state index in [4.69, 9.17) is 21.4 Å². The molecule has 0 aliphatic carbocycles. The predicted octanol–water partition coefficient (Wildman–Crippen LogP) is 3.49. The Kier molecular flexibility index (Phi) is 7.18. The second kappa shape index (κ2) is 8.66. The molecule has 1 aromatic rings. The summed E-state index contributed by atoms with van der Waals surface area (Å²) >= 11 is 7.13. The highest BCUT2D eigenvalue weighted by atomic mass is 35.5. The van der Waals surface area contributed by atoms with Gasteiger partial charge in [-0.3, -0.25) is 4.79 Å². The summed E-state index contributed by atoms with van der Waals surface area (Å²) in [6, 6.07) is 5.04. The zero-order valence-corrected chi connectivity index (χ0v) is 12.5. The van der Waals surface area contributed by atoms with Crippen molar-refractivity contribution in [2.45, 2.75) is 13.3 Å². The molecule has 0 aliphatic rings. The van der Waals surface area contributed by atoms with Crippen molar-refractivity contribution >= 4 is 40.5 Å². The van der Waals surface area contributed by atoms with Gasteiger partial charge in [0.1, 0.15) is 5.75 Å². The maximum absolute atomic E-state index is 10.8. The molecule has 0 aromatic heterocycles. The molecule has 0 bridgehead atoms. The van der Waals surface area contributed by atoms with Crippen LogP contribution < -0.4 is 4.74 Å². The number of rotatable bonds is 7. The topological polar surface area (TPSA) is 63.6 Å². The Bertz CT molecular complexity index is 514. The Balaban J connectivity index is 2.65. The maximum Gasteiger partial charge on any atom is 0.341 e. The molecule has 20 heavy (non-hydrogen) atoms. The summed E-state index contributed by atoms with van der Waals surface area (Å²) < 4.78 is 5.18. The number of carboxylic acids is 1. The van der Waals surface area contributed by atoms with Gasteiger partial charge in [0.15, 0.2) is 11.7 Å². The average Bonchev–Trinajstić information content (AvgIpc) is 2.37. The monoisotopic (exact) mass is 314 g/mol. The number of hydrogen-bond donors (Lipinski definition) is 1. The van der Waals surface area contributed by atoms with Crippen LogP contribution >= 0.6 is 23.4 Å². The third kappa shape index (κ3) is 6.63. The van der Waals surface area contributed by atoms with Crippen LogP contribution in [0.15, 0.2) is 24.3 Å². The van der Waals surface area contributed by atoms with Gasteiger partial charge in [0.05, 0.1) is 0 Å². The second-order valence-corrected chi connectivity index (χ2v) is 5.60. The first-order valence-electron chi connectivity index (χ1n) is 5.93. The molecule has 108 valence electrons. The molecular weight excluding hydrogens is 300 g/mol. The molecule has 0 radical (unpaired) electrons. The van der Waals surface area contributed by atoms with E-state index in [1.807, 2.05) is 12.2 Å². The number of aliphatic carboxylic acids is 1. The van der Waals surface area contributed by atoms with Crippen LogP contribution in [0.25, 0.3) is 6.08 Å². The molecule has 0 fully saturated rings. The fraction of sp³-hybridized carbons (Fsp3) is 0.286. The fourth-order valence-corrected chi connectivity index (χ4v) is 2.09. The van der Waals surface area contributed by atoms with E-state index in [2.05, 4.69) is 0 Å². The van der Waals surface area contributed by atoms with Crippen molar-refractivity contribution in [2.75, 3.05) is 12.4 Å². The highest BCUT2D eigenvalue weighted by Crippen LogP contribution is 2.25. The van der Waals surface area contributed by atoms with Crippen molar-refractivity contribution in [1.29, 1.82) is 0 Å². The largest absolute Gasteiger partial charge is 0.481 e. The quantitative estimate of drug-likeness (QED) is 0.781. The van der Waals surface area contributed by atoms with E-state index in [-0.39, 0.29) is 5.12 Å². The van der Waals surface area contributed by atoms with Gasteiger partial charge in [0.2, 0.25) is 0 Å². The van der Waals surface area contributed by atoms with Gasteiger partial charge in [-0.1, -0.05) is 35.5 Å². The van der Waals surface area contributed by atoms with Crippen LogP contribution in [-0.2, 0) is 9.59 Å². The highest BCUT2D eigenvalue weighted by Gasteiger charge is 2.05. The number of benzene rings is 1. The van der Waals surface area contributed by atoms with Gasteiger partial charge >= 0.3 is 5.97 Å². The van der Waals surface area contributed by atoms with E-state index < -0.39 is 12.6 Å². The average molecular weight is 315 g/mol. The Labute approximate surface area is 126 Å². The van der Waals surface area contributed by atoms with Crippen molar-refractivity contribution in [3.05, 3.63) is 34.9 Å². The number of carbonyl (C=O) groups excluding carboxylic acids is 1. The van der Waals surface area contributed by atoms with Gasteiger partial charge in [0, 0.05) is 23.3 Å². The fourth-order valence-electron chi connectivity index (χ4n) is 1.39. The molecule has 1 N–H and O–H groups in total. The summed E-state index contributed by atoms with van der Waals surface area (Å²) in [4.78, 5) is 21.3.